The van der Waals surface area contributed by atoms with Gasteiger partial charge in [-0.3, -0.25) is 9.59 Å². The molecule has 26 heavy (non-hydrogen) atoms. The van der Waals surface area contributed by atoms with Crippen molar-refractivity contribution in [2.24, 2.45) is 40.4 Å². The number of allylic oxidation sites excluding steroid dienone is 2. The molecule has 4 aliphatic rings. The third kappa shape index (κ3) is 2.11. The second-order valence-electron chi connectivity index (χ2n) is 9.94. The highest BCUT2D eigenvalue weighted by Gasteiger charge is 2.72. The molecule has 0 heterocycles. The lowest BCUT2D eigenvalue weighted by molar-refractivity contribution is -0.239. The third-order valence-corrected chi connectivity index (χ3v) is 8.70. The molecule has 0 bridgehead atoms. The van der Waals surface area contributed by atoms with Gasteiger partial charge in [0.05, 0.1) is 6.10 Å². The predicted octanol–water partition coefficient (Wildman–Crippen LogP) is 3.52. The monoisotopic (exact) mass is 360 g/mol. The van der Waals surface area contributed by atoms with E-state index in [1.807, 2.05) is 0 Å². The molecule has 0 amide bonds. The molecule has 0 spiro atoms. The number of aliphatic hydroxyl groups excluding tert-OH is 1. The summed E-state index contributed by atoms with van der Waals surface area (Å²) in [5, 5.41) is 11.3. The van der Waals surface area contributed by atoms with Gasteiger partial charge < -0.3 is 9.84 Å². The molecule has 0 aromatic rings. The van der Waals surface area contributed by atoms with Crippen LogP contribution in [0.4, 0.5) is 0 Å². The summed E-state index contributed by atoms with van der Waals surface area (Å²) in [6.07, 6.45) is 4.42. The molecule has 3 saturated carbocycles. The Hall–Kier alpha value is -1.16. The highest BCUT2D eigenvalue weighted by Crippen LogP contribution is 2.70. The first-order valence-corrected chi connectivity index (χ1v) is 10.2. The highest BCUT2D eigenvalue weighted by atomic mass is 16.6. The van der Waals surface area contributed by atoms with Gasteiger partial charge in [-0.2, -0.15) is 0 Å². The van der Waals surface area contributed by atoms with Crippen LogP contribution >= 0.6 is 0 Å². The van der Waals surface area contributed by atoms with Gasteiger partial charge in [0.25, 0.3) is 0 Å². The van der Waals surface area contributed by atoms with Gasteiger partial charge in [0, 0.05) is 30.6 Å². The molecule has 4 aliphatic carbocycles. The first-order valence-electron chi connectivity index (χ1n) is 10.2. The van der Waals surface area contributed by atoms with Crippen LogP contribution in [-0.4, -0.2) is 29.1 Å². The maximum atomic E-state index is 13.1. The number of ether oxygens (including phenoxy) is 1. The fraction of sp³-hybridized carbons (Fsp3) is 0.818. The summed E-state index contributed by atoms with van der Waals surface area (Å²) in [6, 6.07) is 0. The lowest BCUT2D eigenvalue weighted by Crippen LogP contribution is -2.66. The molecule has 4 heteroatoms. The number of carbonyl (C=O) groups is 2. The van der Waals surface area contributed by atoms with Crippen molar-refractivity contribution in [1.29, 1.82) is 0 Å². The van der Waals surface area contributed by atoms with Crippen LogP contribution < -0.4 is 0 Å². The predicted molar refractivity (Wildman–Crippen MR) is 98.1 cm³/mol. The number of hydrogen-bond donors (Lipinski definition) is 1. The van der Waals surface area contributed by atoms with Gasteiger partial charge in [-0.25, -0.2) is 0 Å². The van der Waals surface area contributed by atoms with E-state index in [2.05, 4.69) is 33.8 Å². The zero-order valence-corrected chi connectivity index (χ0v) is 16.6. The SMILES string of the molecule is CC(=O)OC1C(O)C2(C)CC(=O)C3C(C)=CCC4C(C)CCC1C4(C)C32. The first kappa shape index (κ1) is 18.2. The van der Waals surface area contributed by atoms with Crippen molar-refractivity contribution < 1.29 is 19.4 Å². The van der Waals surface area contributed by atoms with Gasteiger partial charge in [0.1, 0.15) is 11.9 Å². The summed E-state index contributed by atoms with van der Waals surface area (Å²) in [7, 11) is 0. The van der Waals surface area contributed by atoms with Crippen molar-refractivity contribution >= 4 is 11.8 Å². The van der Waals surface area contributed by atoms with E-state index in [-0.39, 0.29) is 34.9 Å². The Balaban J connectivity index is 1.92. The minimum atomic E-state index is -0.775. The molecular weight excluding hydrogens is 328 g/mol. The standard InChI is InChI=1S/C22H32O4/c1-11-6-9-15-18(26-13(3)23)20(25)21(4)10-16(24)17-12(2)7-8-14(11)22(15,5)19(17)21/h7,11,14-15,17-20,25H,6,8-10H2,1-5H3. The average molecular weight is 360 g/mol. The van der Waals surface area contributed by atoms with Crippen LogP contribution in [0.2, 0.25) is 0 Å². The van der Waals surface area contributed by atoms with Crippen molar-refractivity contribution in [2.75, 3.05) is 0 Å². The lowest BCUT2D eigenvalue weighted by atomic mass is 9.42. The van der Waals surface area contributed by atoms with Gasteiger partial charge >= 0.3 is 5.97 Å². The van der Waals surface area contributed by atoms with E-state index in [0.29, 0.717) is 18.3 Å². The number of esters is 1. The summed E-state index contributed by atoms with van der Waals surface area (Å²) in [4.78, 5) is 24.9. The normalized spacial score (nSPS) is 52.8. The molecule has 9 atom stereocenters. The van der Waals surface area contributed by atoms with E-state index in [1.54, 1.807) is 0 Å². The second-order valence-corrected chi connectivity index (χ2v) is 9.94. The molecular formula is C22H32O4. The van der Waals surface area contributed by atoms with Gasteiger partial charge in [-0.15, -0.1) is 0 Å². The van der Waals surface area contributed by atoms with Crippen LogP contribution in [0.3, 0.4) is 0 Å². The molecule has 0 saturated heterocycles. The number of hydrogen-bond acceptors (Lipinski definition) is 4. The number of rotatable bonds is 1. The van der Waals surface area contributed by atoms with E-state index in [4.69, 9.17) is 4.74 Å². The van der Waals surface area contributed by atoms with Gasteiger partial charge in [-0.1, -0.05) is 32.4 Å². The van der Waals surface area contributed by atoms with Crippen molar-refractivity contribution in [2.45, 2.75) is 72.5 Å². The molecule has 0 aromatic heterocycles. The molecule has 4 nitrogen and oxygen atoms in total. The minimum absolute atomic E-state index is 0.0873. The topological polar surface area (TPSA) is 63.6 Å². The van der Waals surface area contributed by atoms with Crippen LogP contribution in [0.1, 0.15) is 60.3 Å². The average Bonchev–Trinajstić information content (AvgIpc) is 2.75. The smallest absolute Gasteiger partial charge is 0.303 e. The van der Waals surface area contributed by atoms with Crippen LogP contribution in [0.25, 0.3) is 0 Å². The number of carbonyl (C=O) groups excluding carboxylic acids is 2. The summed E-state index contributed by atoms with van der Waals surface area (Å²) < 4.78 is 5.74. The van der Waals surface area contributed by atoms with Crippen LogP contribution in [-0.2, 0) is 14.3 Å². The quantitative estimate of drug-likeness (QED) is 0.574. The molecule has 0 aliphatic heterocycles. The maximum absolute atomic E-state index is 13.1. The van der Waals surface area contributed by atoms with E-state index in [1.165, 1.54) is 12.5 Å². The van der Waals surface area contributed by atoms with E-state index >= 15 is 0 Å². The fourth-order valence-corrected chi connectivity index (χ4v) is 7.72. The van der Waals surface area contributed by atoms with E-state index in [0.717, 1.165) is 19.3 Å². The Labute approximate surface area is 156 Å². The highest BCUT2D eigenvalue weighted by molar-refractivity contribution is 5.88. The van der Waals surface area contributed by atoms with Gasteiger partial charge in [0.2, 0.25) is 0 Å². The Kier molecular flexibility index (Phi) is 3.97. The van der Waals surface area contributed by atoms with Crippen molar-refractivity contribution in [3.05, 3.63) is 11.6 Å². The van der Waals surface area contributed by atoms with Gasteiger partial charge in [0.15, 0.2) is 0 Å². The lowest BCUT2D eigenvalue weighted by Gasteiger charge is -2.64. The summed E-state index contributed by atoms with van der Waals surface area (Å²) in [6.45, 7) is 10.2. The largest absolute Gasteiger partial charge is 0.459 e. The molecule has 144 valence electrons. The maximum Gasteiger partial charge on any atom is 0.303 e. The van der Waals surface area contributed by atoms with Crippen molar-refractivity contribution in [3.63, 3.8) is 0 Å². The van der Waals surface area contributed by atoms with Crippen molar-refractivity contribution in [3.8, 4) is 0 Å². The van der Waals surface area contributed by atoms with E-state index < -0.39 is 17.6 Å². The Bertz CT molecular complexity index is 682. The number of Topliss-reactive ketones (excluding diaryl/α,β-unsaturated/α-hetero) is 1. The Morgan fingerprint density at radius 2 is 1.96 bits per heavy atom. The zero-order chi connectivity index (χ0) is 19.0. The Morgan fingerprint density at radius 1 is 1.27 bits per heavy atom. The summed E-state index contributed by atoms with van der Waals surface area (Å²) in [5.74, 6) is 1.12. The number of ketones is 1. The van der Waals surface area contributed by atoms with Crippen LogP contribution in [0.15, 0.2) is 11.6 Å². The van der Waals surface area contributed by atoms with Crippen molar-refractivity contribution in [1.82, 2.24) is 0 Å². The molecule has 4 rings (SSSR count). The zero-order valence-electron chi connectivity index (χ0n) is 16.6. The fourth-order valence-electron chi connectivity index (χ4n) is 7.72. The third-order valence-electron chi connectivity index (χ3n) is 8.70. The van der Waals surface area contributed by atoms with E-state index in [9.17, 15) is 14.7 Å². The number of aliphatic hydroxyl groups is 1. The molecule has 9 unspecified atom stereocenters. The second kappa shape index (κ2) is 5.67. The molecule has 3 fully saturated rings. The molecule has 0 aromatic carbocycles. The van der Waals surface area contributed by atoms with Gasteiger partial charge in [-0.05, 0) is 49.4 Å². The molecule has 1 N–H and O–H groups in total. The first-order chi connectivity index (χ1) is 12.1. The van der Waals surface area contributed by atoms with Crippen LogP contribution in [0.5, 0.6) is 0 Å². The summed E-state index contributed by atoms with van der Waals surface area (Å²) in [5.41, 5.74) is 0.557. The van der Waals surface area contributed by atoms with Crippen LogP contribution in [0, 0.1) is 40.4 Å². The Morgan fingerprint density at radius 3 is 2.62 bits per heavy atom. The molecule has 0 radical (unpaired) electrons. The summed E-state index contributed by atoms with van der Waals surface area (Å²) >= 11 is 0. The minimum Gasteiger partial charge on any atom is -0.459 e.